The van der Waals surface area contributed by atoms with Crippen LogP contribution in [0.3, 0.4) is 0 Å². The summed E-state index contributed by atoms with van der Waals surface area (Å²) in [7, 11) is 1.99. The van der Waals surface area contributed by atoms with Crippen LogP contribution in [0.25, 0.3) is 11.3 Å². The fourth-order valence-electron chi connectivity index (χ4n) is 2.83. The molecule has 0 aliphatic carbocycles. The van der Waals surface area contributed by atoms with Crippen LogP contribution in [0.15, 0.2) is 41.4 Å². The molecule has 0 bridgehead atoms. The number of ether oxygens (including phenoxy) is 1. The Morgan fingerprint density at radius 3 is 2.62 bits per heavy atom. The molecule has 0 fully saturated rings. The van der Waals surface area contributed by atoms with Crippen molar-refractivity contribution < 1.29 is 4.74 Å². The lowest BCUT2D eigenvalue weighted by atomic mass is 10.0. The molecule has 1 heterocycles. The molecule has 0 unspecified atom stereocenters. The molecule has 0 radical (unpaired) electrons. The molecular weight excluding hydrogens is 380 g/mol. The maximum atomic E-state index is 9.74. The van der Waals surface area contributed by atoms with Gasteiger partial charge in [-0.3, -0.25) is 0 Å². The van der Waals surface area contributed by atoms with Crippen molar-refractivity contribution in [3.8, 4) is 28.1 Å². The van der Waals surface area contributed by atoms with Gasteiger partial charge in [0, 0.05) is 30.7 Å². The van der Waals surface area contributed by atoms with Crippen molar-refractivity contribution in [3.63, 3.8) is 0 Å². The van der Waals surface area contributed by atoms with Gasteiger partial charge in [-0.05, 0) is 56.5 Å². The first-order chi connectivity index (χ1) is 13.9. The SMILES string of the molecule is CCN(C)/C=N\c1cc(C)c(Oc2snc(-c3ccccc3C)c2C#N)cc1C. The van der Waals surface area contributed by atoms with Crippen molar-refractivity contribution in [2.24, 2.45) is 4.99 Å². The van der Waals surface area contributed by atoms with Gasteiger partial charge >= 0.3 is 0 Å². The molecule has 3 rings (SSSR count). The third-order valence-electron chi connectivity index (χ3n) is 4.76. The lowest BCUT2D eigenvalue weighted by molar-refractivity contribution is 0.491. The topological polar surface area (TPSA) is 61.5 Å². The highest BCUT2D eigenvalue weighted by Gasteiger charge is 2.19. The highest BCUT2D eigenvalue weighted by molar-refractivity contribution is 7.08. The molecule has 0 saturated heterocycles. The quantitative estimate of drug-likeness (QED) is 0.373. The smallest absolute Gasteiger partial charge is 0.218 e. The van der Waals surface area contributed by atoms with Crippen molar-refractivity contribution in [2.45, 2.75) is 27.7 Å². The Hall–Kier alpha value is -3.17. The van der Waals surface area contributed by atoms with Crippen LogP contribution in [-0.2, 0) is 0 Å². The van der Waals surface area contributed by atoms with Gasteiger partial charge in [-0.25, -0.2) is 4.99 Å². The molecule has 0 amide bonds. The standard InChI is InChI=1S/C23H24N4OS/c1-6-27(5)14-25-20-11-17(4)21(12-16(20)3)28-23-19(13-24)22(26-29-23)18-10-8-7-9-15(18)2/h7-12,14H,6H2,1-5H3/b25-14-. The van der Waals surface area contributed by atoms with Crippen LogP contribution in [0.4, 0.5) is 5.69 Å². The highest BCUT2D eigenvalue weighted by Crippen LogP contribution is 2.39. The number of rotatable bonds is 6. The van der Waals surface area contributed by atoms with Crippen molar-refractivity contribution >= 4 is 23.6 Å². The lowest BCUT2D eigenvalue weighted by Gasteiger charge is -2.12. The molecule has 29 heavy (non-hydrogen) atoms. The Labute approximate surface area is 176 Å². The van der Waals surface area contributed by atoms with E-state index in [1.54, 1.807) is 0 Å². The van der Waals surface area contributed by atoms with E-state index in [9.17, 15) is 5.26 Å². The summed E-state index contributed by atoms with van der Waals surface area (Å²) in [4.78, 5) is 6.57. The van der Waals surface area contributed by atoms with E-state index in [0.29, 0.717) is 22.1 Å². The lowest BCUT2D eigenvalue weighted by Crippen LogP contribution is -2.14. The predicted octanol–water partition coefficient (Wildman–Crippen LogP) is 6.01. The molecular formula is C23H24N4OS. The van der Waals surface area contributed by atoms with Gasteiger partial charge in [-0.2, -0.15) is 9.64 Å². The molecule has 6 heteroatoms. The summed E-state index contributed by atoms with van der Waals surface area (Å²) >= 11 is 1.20. The fourth-order valence-corrected chi connectivity index (χ4v) is 3.56. The Kier molecular flexibility index (Phi) is 6.30. The maximum Gasteiger partial charge on any atom is 0.218 e. The highest BCUT2D eigenvalue weighted by atomic mass is 32.1. The van der Waals surface area contributed by atoms with Crippen LogP contribution in [0.2, 0.25) is 0 Å². The molecule has 0 spiro atoms. The van der Waals surface area contributed by atoms with Gasteiger partial charge in [0.25, 0.3) is 0 Å². The van der Waals surface area contributed by atoms with Crippen molar-refractivity contribution in [3.05, 3.63) is 58.7 Å². The van der Waals surface area contributed by atoms with E-state index in [2.05, 4.69) is 22.4 Å². The van der Waals surface area contributed by atoms with E-state index >= 15 is 0 Å². The summed E-state index contributed by atoms with van der Waals surface area (Å²) in [6.45, 7) is 8.97. The minimum Gasteiger partial charge on any atom is -0.443 e. The molecule has 0 aliphatic heterocycles. The zero-order chi connectivity index (χ0) is 21.0. The molecule has 5 nitrogen and oxygen atoms in total. The summed E-state index contributed by atoms with van der Waals surface area (Å²) in [6, 6.07) is 14.1. The molecule has 148 valence electrons. The summed E-state index contributed by atoms with van der Waals surface area (Å²) in [5.74, 6) is 0.710. The monoisotopic (exact) mass is 404 g/mol. The predicted molar refractivity (Wildman–Crippen MR) is 119 cm³/mol. The fraction of sp³-hybridized carbons (Fsp3) is 0.261. The summed E-state index contributed by atoms with van der Waals surface area (Å²) in [6.07, 6.45) is 1.83. The van der Waals surface area contributed by atoms with Crippen LogP contribution in [0, 0.1) is 32.1 Å². The summed E-state index contributed by atoms with van der Waals surface area (Å²) in [5.41, 5.74) is 6.03. The van der Waals surface area contributed by atoms with Crippen molar-refractivity contribution in [1.29, 1.82) is 5.26 Å². The average Bonchev–Trinajstić information content (AvgIpc) is 3.11. The van der Waals surface area contributed by atoms with Gasteiger partial charge in [0.2, 0.25) is 5.06 Å². The van der Waals surface area contributed by atoms with Crippen LogP contribution in [0.5, 0.6) is 10.8 Å². The summed E-state index contributed by atoms with van der Waals surface area (Å²) < 4.78 is 10.6. The van der Waals surface area contributed by atoms with Gasteiger partial charge in [-0.1, -0.05) is 24.3 Å². The number of aryl methyl sites for hydroxylation is 3. The Morgan fingerprint density at radius 2 is 1.93 bits per heavy atom. The van der Waals surface area contributed by atoms with Crippen molar-refractivity contribution in [2.75, 3.05) is 13.6 Å². The third-order valence-corrected chi connectivity index (χ3v) is 5.49. The largest absolute Gasteiger partial charge is 0.443 e. The first-order valence-electron chi connectivity index (χ1n) is 9.43. The molecule has 3 aromatic rings. The molecule has 0 saturated carbocycles. The van der Waals surface area contributed by atoms with Crippen LogP contribution in [0.1, 0.15) is 29.2 Å². The molecule has 1 aromatic heterocycles. The second kappa shape index (κ2) is 8.89. The Morgan fingerprint density at radius 1 is 1.17 bits per heavy atom. The molecule has 0 N–H and O–H groups in total. The average molecular weight is 405 g/mol. The Bertz CT molecular complexity index is 1090. The zero-order valence-corrected chi connectivity index (χ0v) is 18.2. The van der Waals surface area contributed by atoms with Gasteiger partial charge in [0.15, 0.2) is 0 Å². The first kappa shape index (κ1) is 20.6. The minimum absolute atomic E-state index is 0.466. The third kappa shape index (κ3) is 4.47. The molecule has 0 aliphatic rings. The number of nitrogens with zero attached hydrogens (tertiary/aromatic N) is 4. The number of hydrogen-bond donors (Lipinski definition) is 0. The number of hydrogen-bond acceptors (Lipinski definition) is 5. The van der Waals surface area contributed by atoms with Gasteiger partial charge < -0.3 is 9.64 Å². The number of aliphatic imine (C=N–C) groups is 1. The van der Waals surface area contributed by atoms with Crippen LogP contribution >= 0.6 is 11.5 Å². The second-order valence-electron chi connectivity index (χ2n) is 6.94. The van der Waals surface area contributed by atoms with E-state index in [4.69, 9.17) is 4.74 Å². The minimum atomic E-state index is 0.466. The molecule has 2 aromatic carbocycles. The van der Waals surface area contributed by atoms with Crippen molar-refractivity contribution in [1.82, 2.24) is 9.27 Å². The normalized spacial score (nSPS) is 10.9. The van der Waals surface area contributed by atoms with Gasteiger partial charge in [-0.15, -0.1) is 0 Å². The number of aromatic nitrogens is 1. The van der Waals surface area contributed by atoms with Crippen LogP contribution < -0.4 is 4.74 Å². The first-order valence-corrected chi connectivity index (χ1v) is 10.2. The molecule has 0 atom stereocenters. The van der Waals surface area contributed by atoms with Gasteiger partial charge in [0.1, 0.15) is 23.1 Å². The second-order valence-corrected chi connectivity index (χ2v) is 7.68. The zero-order valence-electron chi connectivity index (χ0n) is 17.4. The van der Waals surface area contributed by atoms with E-state index < -0.39 is 0 Å². The number of nitriles is 1. The van der Waals surface area contributed by atoms with E-state index in [-0.39, 0.29) is 0 Å². The Balaban J connectivity index is 1.93. The van der Waals surface area contributed by atoms with E-state index in [0.717, 1.165) is 34.5 Å². The maximum absolute atomic E-state index is 9.74. The van der Waals surface area contributed by atoms with E-state index in [1.807, 2.05) is 75.5 Å². The van der Waals surface area contributed by atoms with E-state index in [1.165, 1.54) is 11.5 Å². The number of benzene rings is 2. The van der Waals surface area contributed by atoms with Crippen LogP contribution in [-0.4, -0.2) is 29.2 Å². The van der Waals surface area contributed by atoms with Gasteiger partial charge in [0.05, 0.1) is 12.0 Å². The summed E-state index contributed by atoms with van der Waals surface area (Å²) in [5, 5.41) is 10.3.